The third-order valence-corrected chi connectivity index (χ3v) is 4.40. The summed E-state index contributed by atoms with van der Waals surface area (Å²) in [6, 6.07) is 0. The van der Waals surface area contributed by atoms with Crippen LogP contribution in [0.25, 0.3) is 11.5 Å². The van der Waals surface area contributed by atoms with Crippen LogP contribution < -0.4 is 0 Å². The van der Waals surface area contributed by atoms with Crippen molar-refractivity contribution in [1.29, 1.82) is 0 Å². The number of hydrogen-bond donors (Lipinski definition) is 1. The molecule has 1 aliphatic rings. The van der Waals surface area contributed by atoms with E-state index >= 15 is 0 Å². The van der Waals surface area contributed by atoms with Crippen LogP contribution in [0.5, 0.6) is 0 Å². The van der Waals surface area contributed by atoms with E-state index in [1.807, 2.05) is 32.6 Å². The minimum absolute atomic E-state index is 0.228. The van der Waals surface area contributed by atoms with Gasteiger partial charge in [-0.05, 0) is 25.7 Å². The summed E-state index contributed by atoms with van der Waals surface area (Å²) < 4.78 is 0. The van der Waals surface area contributed by atoms with Crippen LogP contribution in [0, 0.1) is 18.3 Å². The molecule has 0 aromatic carbocycles. The Labute approximate surface area is 142 Å². The zero-order chi connectivity index (χ0) is 17.3. The molecule has 0 unspecified atom stereocenters. The van der Waals surface area contributed by atoms with Gasteiger partial charge >= 0.3 is 0 Å². The molecule has 0 spiro atoms. The first-order valence-corrected chi connectivity index (χ1v) is 8.46. The van der Waals surface area contributed by atoms with E-state index in [0.717, 1.165) is 48.8 Å². The largest absolute Gasteiger partial charge is 0.342 e. The van der Waals surface area contributed by atoms with Gasteiger partial charge in [-0.2, -0.15) is 0 Å². The SMILES string of the molecule is Cc1cnc(-c2nccnc2C[C@H]2CCN(C(=O)C(C)(C)C)C2)[nH]1. The average Bonchev–Trinajstić information content (AvgIpc) is 3.15. The van der Waals surface area contributed by atoms with Gasteiger partial charge in [0.25, 0.3) is 0 Å². The molecule has 3 rings (SSSR count). The predicted octanol–water partition coefficient (Wildman–Crippen LogP) is 2.61. The number of likely N-dealkylation sites (tertiary alicyclic amines) is 1. The third-order valence-electron chi connectivity index (χ3n) is 4.40. The molecule has 6 heteroatoms. The second-order valence-electron chi connectivity index (χ2n) is 7.63. The summed E-state index contributed by atoms with van der Waals surface area (Å²) in [5.74, 6) is 1.41. The normalized spacial score (nSPS) is 18.2. The molecule has 1 N–H and O–H groups in total. The Hall–Kier alpha value is -2.24. The molecule has 1 aliphatic heterocycles. The lowest BCUT2D eigenvalue weighted by Crippen LogP contribution is -2.38. The lowest BCUT2D eigenvalue weighted by Gasteiger charge is -2.25. The number of amides is 1. The predicted molar refractivity (Wildman–Crippen MR) is 92.2 cm³/mol. The fourth-order valence-corrected chi connectivity index (χ4v) is 3.18. The van der Waals surface area contributed by atoms with Crippen LogP contribution in [0.3, 0.4) is 0 Å². The fraction of sp³-hybridized carbons (Fsp3) is 0.556. The van der Waals surface area contributed by atoms with Crippen LogP contribution in [-0.4, -0.2) is 43.8 Å². The molecule has 1 saturated heterocycles. The van der Waals surface area contributed by atoms with E-state index in [9.17, 15) is 4.79 Å². The van der Waals surface area contributed by atoms with Gasteiger partial charge in [0.05, 0.1) is 5.69 Å². The zero-order valence-electron chi connectivity index (χ0n) is 14.8. The molecule has 24 heavy (non-hydrogen) atoms. The van der Waals surface area contributed by atoms with Gasteiger partial charge in [0.1, 0.15) is 5.69 Å². The second-order valence-corrected chi connectivity index (χ2v) is 7.63. The van der Waals surface area contributed by atoms with Gasteiger partial charge in [0, 0.05) is 42.8 Å². The standard InChI is InChI=1S/C18H25N5O/c1-12-10-21-16(22-12)15-14(19-6-7-20-15)9-13-5-8-23(11-13)17(24)18(2,3)4/h6-7,10,13H,5,8-9,11H2,1-4H3,(H,21,22)/t13-/m1/s1. The summed E-state index contributed by atoms with van der Waals surface area (Å²) in [5, 5.41) is 0. The summed E-state index contributed by atoms with van der Waals surface area (Å²) in [6.07, 6.45) is 7.04. The zero-order valence-corrected chi connectivity index (χ0v) is 14.8. The summed E-state index contributed by atoms with van der Waals surface area (Å²) >= 11 is 0. The number of imidazole rings is 1. The number of aromatic amines is 1. The highest BCUT2D eigenvalue weighted by Crippen LogP contribution is 2.27. The Kier molecular flexibility index (Phi) is 4.39. The molecule has 0 aliphatic carbocycles. The lowest BCUT2D eigenvalue weighted by molar-refractivity contribution is -0.138. The highest BCUT2D eigenvalue weighted by atomic mass is 16.2. The van der Waals surface area contributed by atoms with Crippen LogP contribution in [-0.2, 0) is 11.2 Å². The molecule has 2 aromatic heterocycles. The number of rotatable bonds is 3. The topological polar surface area (TPSA) is 74.8 Å². The number of nitrogens with one attached hydrogen (secondary N) is 1. The first-order valence-electron chi connectivity index (χ1n) is 8.46. The van der Waals surface area contributed by atoms with E-state index in [1.54, 1.807) is 18.6 Å². The Morgan fingerprint density at radius 3 is 2.71 bits per heavy atom. The van der Waals surface area contributed by atoms with Crippen LogP contribution >= 0.6 is 0 Å². The molecule has 1 amide bonds. The van der Waals surface area contributed by atoms with Crippen molar-refractivity contribution < 1.29 is 4.79 Å². The molecular weight excluding hydrogens is 302 g/mol. The Morgan fingerprint density at radius 2 is 2.04 bits per heavy atom. The van der Waals surface area contributed by atoms with E-state index in [0.29, 0.717) is 5.92 Å². The molecule has 3 heterocycles. The van der Waals surface area contributed by atoms with Gasteiger partial charge in [-0.1, -0.05) is 20.8 Å². The van der Waals surface area contributed by atoms with Crippen molar-refractivity contribution in [2.75, 3.05) is 13.1 Å². The second kappa shape index (κ2) is 6.34. The van der Waals surface area contributed by atoms with Crippen LogP contribution in [0.2, 0.25) is 0 Å². The van der Waals surface area contributed by atoms with Gasteiger partial charge in [0.15, 0.2) is 5.82 Å². The van der Waals surface area contributed by atoms with Crippen molar-refractivity contribution in [3.8, 4) is 11.5 Å². The van der Waals surface area contributed by atoms with E-state index in [-0.39, 0.29) is 11.3 Å². The molecule has 1 atom stereocenters. The van der Waals surface area contributed by atoms with Crippen molar-refractivity contribution in [3.63, 3.8) is 0 Å². The molecule has 0 saturated carbocycles. The van der Waals surface area contributed by atoms with E-state index < -0.39 is 0 Å². The van der Waals surface area contributed by atoms with Crippen LogP contribution in [0.1, 0.15) is 38.6 Å². The Morgan fingerprint density at radius 1 is 1.29 bits per heavy atom. The van der Waals surface area contributed by atoms with Crippen molar-refractivity contribution >= 4 is 5.91 Å². The molecule has 6 nitrogen and oxygen atoms in total. The first kappa shape index (κ1) is 16.6. The van der Waals surface area contributed by atoms with Crippen molar-refractivity contribution in [3.05, 3.63) is 30.0 Å². The number of H-pyrrole nitrogens is 1. The van der Waals surface area contributed by atoms with Gasteiger partial charge in [-0.15, -0.1) is 0 Å². The number of carbonyl (C=O) groups excluding carboxylic acids is 1. The Balaban J connectivity index is 1.73. The monoisotopic (exact) mass is 327 g/mol. The Bertz CT molecular complexity index is 731. The highest BCUT2D eigenvalue weighted by Gasteiger charge is 2.33. The number of nitrogens with zero attached hydrogens (tertiary/aromatic N) is 4. The van der Waals surface area contributed by atoms with E-state index in [1.165, 1.54) is 0 Å². The maximum absolute atomic E-state index is 12.4. The first-order chi connectivity index (χ1) is 11.3. The average molecular weight is 327 g/mol. The van der Waals surface area contributed by atoms with Gasteiger partial charge < -0.3 is 9.88 Å². The third kappa shape index (κ3) is 3.47. The summed E-state index contributed by atoms with van der Waals surface area (Å²) in [4.78, 5) is 31.0. The maximum atomic E-state index is 12.4. The summed E-state index contributed by atoms with van der Waals surface area (Å²) in [5.41, 5.74) is 2.44. The number of hydrogen-bond acceptors (Lipinski definition) is 4. The van der Waals surface area contributed by atoms with Crippen molar-refractivity contribution in [2.24, 2.45) is 11.3 Å². The van der Waals surface area contributed by atoms with E-state index in [2.05, 4.69) is 19.9 Å². The van der Waals surface area contributed by atoms with Gasteiger partial charge in [-0.3, -0.25) is 9.78 Å². The molecule has 2 aromatic rings. The van der Waals surface area contributed by atoms with Gasteiger partial charge in [-0.25, -0.2) is 9.97 Å². The minimum atomic E-state index is -0.321. The number of aryl methyl sites for hydroxylation is 1. The van der Waals surface area contributed by atoms with Crippen LogP contribution in [0.4, 0.5) is 0 Å². The minimum Gasteiger partial charge on any atom is -0.342 e. The smallest absolute Gasteiger partial charge is 0.227 e. The highest BCUT2D eigenvalue weighted by molar-refractivity contribution is 5.81. The lowest BCUT2D eigenvalue weighted by atomic mass is 9.95. The van der Waals surface area contributed by atoms with E-state index in [4.69, 9.17) is 0 Å². The number of aromatic nitrogens is 4. The van der Waals surface area contributed by atoms with Crippen molar-refractivity contribution in [2.45, 2.75) is 40.5 Å². The molecule has 0 bridgehead atoms. The molecule has 1 fully saturated rings. The summed E-state index contributed by atoms with van der Waals surface area (Å²) in [6.45, 7) is 9.52. The van der Waals surface area contributed by atoms with Crippen LogP contribution in [0.15, 0.2) is 18.6 Å². The number of carbonyl (C=O) groups is 1. The summed E-state index contributed by atoms with van der Waals surface area (Å²) in [7, 11) is 0. The quantitative estimate of drug-likeness (QED) is 0.940. The fourth-order valence-electron chi connectivity index (χ4n) is 3.18. The molecule has 128 valence electrons. The maximum Gasteiger partial charge on any atom is 0.227 e. The molecule has 0 radical (unpaired) electrons. The van der Waals surface area contributed by atoms with Gasteiger partial charge in [0.2, 0.25) is 5.91 Å². The molecular formula is C18H25N5O. The van der Waals surface area contributed by atoms with Crippen molar-refractivity contribution in [1.82, 2.24) is 24.8 Å².